The lowest BCUT2D eigenvalue weighted by molar-refractivity contribution is -0.346. The normalized spacial score (nSPS) is 12.2. The second-order valence-corrected chi connectivity index (χ2v) is 6.61. The van der Waals surface area contributed by atoms with Crippen molar-refractivity contribution in [2.75, 3.05) is 0 Å². The van der Waals surface area contributed by atoms with Gasteiger partial charge in [0.2, 0.25) is 11.7 Å². The van der Waals surface area contributed by atoms with Crippen LogP contribution in [0.5, 0.6) is 0 Å². The summed E-state index contributed by atoms with van der Waals surface area (Å²) in [7, 11) is 0. The van der Waals surface area contributed by atoms with E-state index in [0.29, 0.717) is 0 Å². The first-order valence-electron chi connectivity index (χ1n) is 8.41. The van der Waals surface area contributed by atoms with E-state index in [-0.39, 0.29) is 5.82 Å². The molecule has 0 radical (unpaired) electrons. The summed E-state index contributed by atoms with van der Waals surface area (Å²) < 4.78 is 14.0. The van der Waals surface area contributed by atoms with E-state index in [1.165, 1.54) is 38.5 Å². The van der Waals surface area contributed by atoms with Crippen molar-refractivity contribution < 1.29 is 9.37 Å². The molecule has 1 nitrogen and oxygen atoms in total. The molecule has 1 aromatic heterocycles. The predicted octanol–water partition coefficient (Wildman–Crippen LogP) is 5.84. The van der Waals surface area contributed by atoms with Crippen molar-refractivity contribution in [1.29, 1.82) is 0 Å². The van der Waals surface area contributed by atoms with Gasteiger partial charge < -0.3 is 0 Å². The molecule has 1 heterocycles. The molecule has 6 aromatic rings. The number of benzene rings is 5. The molecule has 0 aliphatic carbocycles. The van der Waals surface area contributed by atoms with Gasteiger partial charge in [-0.3, -0.25) is 0 Å². The van der Waals surface area contributed by atoms with Crippen LogP contribution < -0.4 is 4.98 Å². The third kappa shape index (κ3) is 1.54. The highest BCUT2D eigenvalue weighted by molar-refractivity contribution is 6.38. The van der Waals surface area contributed by atoms with Crippen LogP contribution in [0.2, 0.25) is 0 Å². The molecule has 0 aliphatic rings. The van der Waals surface area contributed by atoms with Crippen molar-refractivity contribution in [3.05, 3.63) is 78.7 Å². The predicted molar refractivity (Wildman–Crippen MR) is 102 cm³/mol. The molecule has 0 atom stereocenters. The van der Waals surface area contributed by atoms with Crippen molar-refractivity contribution in [3.63, 3.8) is 0 Å². The van der Waals surface area contributed by atoms with Gasteiger partial charge in [-0.15, -0.1) is 0 Å². The van der Waals surface area contributed by atoms with Crippen LogP contribution in [0.4, 0.5) is 4.39 Å². The lowest BCUT2D eigenvalue weighted by Gasteiger charge is -2.15. The van der Waals surface area contributed by atoms with Gasteiger partial charge in [-0.25, -0.2) is 9.37 Å². The highest BCUT2D eigenvalue weighted by Crippen LogP contribution is 2.43. The molecule has 6 rings (SSSR count). The zero-order valence-electron chi connectivity index (χ0n) is 13.3. The number of hydrogen-bond donors (Lipinski definition) is 0. The van der Waals surface area contributed by atoms with Gasteiger partial charge in [-0.2, -0.15) is 0 Å². The van der Waals surface area contributed by atoms with Crippen LogP contribution in [-0.4, -0.2) is 0 Å². The van der Waals surface area contributed by atoms with Crippen LogP contribution in [0, 0.1) is 5.82 Å². The lowest BCUT2D eigenvalue weighted by Crippen LogP contribution is -2.05. The first-order chi connectivity index (χ1) is 12.3. The third-order valence-electron chi connectivity index (χ3n) is 5.35. The van der Waals surface area contributed by atoms with Gasteiger partial charge in [0.05, 0.1) is 10.8 Å². The maximum absolute atomic E-state index is 14.0. The second kappa shape index (κ2) is 4.42. The number of pyridine rings is 1. The average molecular weight is 322 g/mol. The van der Waals surface area contributed by atoms with Gasteiger partial charge >= 0.3 is 0 Å². The molecule has 0 saturated carbocycles. The zero-order chi connectivity index (χ0) is 16.5. The van der Waals surface area contributed by atoms with E-state index < -0.39 is 0 Å². The molecule has 116 valence electrons. The van der Waals surface area contributed by atoms with E-state index in [1.54, 1.807) is 6.07 Å². The summed E-state index contributed by atoms with van der Waals surface area (Å²) in [5.74, 6) is -0.243. The highest BCUT2D eigenvalue weighted by atomic mass is 19.1. The monoisotopic (exact) mass is 322 g/mol. The quantitative estimate of drug-likeness (QED) is 0.246. The van der Waals surface area contributed by atoms with E-state index in [1.807, 2.05) is 0 Å². The van der Waals surface area contributed by atoms with Gasteiger partial charge in [0.25, 0.3) is 0 Å². The van der Waals surface area contributed by atoms with Crippen LogP contribution >= 0.6 is 0 Å². The molecule has 0 bridgehead atoms. The number of rotatable bonds is 0. The number of aromatic nitrogens is 1. The second-order valence-electron chi connectivity index (χ2n) is 6.61. The maximum Gasteiger partial charge on any atom is 0.219 e. The fourth-order valence-corrected chi connectivity index (χ4v) is 4.38. The molecule has 0 spiro atoms. The summed E-state index contributed by atoms with van der Waals surface area (Å²) in [6.45, 7) is 0. The third-order valence-corrected chi connectivity index (χ3v) is 5.35. The molecule has 0 saturated heterocycles. The van der Waals surface area contributed by atoms with Gasteiger partial charge in [-0.1, -0.05) is 54.6 Å². The molecular weight excluding hydrogens is 309 g/mol. The minimum absolute atomic E-state index is 0.243. The van der Waals surface area contributed by atoms with Crippen LogP contribution in [0.1, 0.15) is 0 Å². The summed E-state index contributed by atoms with van der Waals surface area (Å²) in [5.41, 5.74) is 0.988. The first kappa shape index (κ1) is 13.1. The Morgan fingerprint density at radius 3 is 1.76 bits per heavy atom. The average Bonchev–Trinajstić information content (AvgIpc) is 2.67. The standard InChI is InChI=1S/C23H12FN/c24-13-11-20-18-9-3-7-16-14-5-1-2-6-15(14)17-8-4-10-19(22(17)21(16)18)23(20)25-12-13/h1-12H/p+1. The van der Waals surface area contributed by atoms with E-state index in [0.717, 1.165) is 21.7 Å². The lowest BCUT2D eigenvalue weighted by atomic mass is 9.87. The van der Waals surface area contributed by atoms with E-state index in [4.69, 9.17) is 0 Å². The fraction of sp³-hybridized carbons (Fsp3) is 0. The number of aromatic amines is 1. The Hall–Kier alpha value is -3.26. The minimum atomic E-state index is -0.243. The Morgan fingerprint density at radius 2 is 1.08 bits per heavy atom. The van der Waals surface area contributed by atoms with E-state index >= 15 is 0 Å². The van der Waals surface area contributed by atoms with E-state index in [2.05, 4.69) is 65.6 Å². The van der Waals surface area contributed by atoms with Crippen molar-refractivity contribution in [1.82, 2.24) is 0 Å². The number of hydrogen-bond acceptors (Lipinski definition) is 0. The first-order valence-corrected chi connectivity index (χ1v) is 8.41. The molecule has 5 aromatic carbocycles. The number of nitrogens with one attached hydrogen (secondary N) is 1. The molecule has 2 heteroatoms. The molecule has 0 aliphatic heterocycles. The fourth-order valence-electron chi connectivity index (χ4n) is 4.38. The summed E-state index contributed by atoms with van der Waals surface area (Å²) >= 11 is 0. The summed E-state index contributed by atoms with van der Waals surface area (Å²) in [5, 5.41) is 10.6. The van der Waals surface area contributed by atoms with Crippen LogP contribution in [0.15, 0.2) is 72.9 Å². The van der Waals surface area contributed by atoms with Crippen LogP contribution in [0.25, 0.3) is 54.0 Å². The molecule has 25 heavy (non-hydrogen) atoms. The van der Waals surface area contributed by atoms with Crippen molar-refractivity contribution in [3.8, 4) is 0 Å². The number of halogens is 1. The largest absolute Gasteiger partial charge is 0.219 e. The van der Waals surface area contributed by atoms with Gasteiger partial charge in [0.1, 0.15) is 0 Å². The van der Waals surface area contributed by atoms with Crippen LogP contribution in [0.3, 0.4) is 0 Å². The van der Waals surface area contributed by atoms with Gasteiger partial charge in [0, 0.05) is 5.39 Å². The highest BCUT2D eigenvalue weighted by Gasteiger charge is 2.19. The Balaban J connectivity index is 2.12. The summed E-state index contributed by atoms with van der Waals surface area (Å²) in [4.78, 5) is 3.17. The Morgan fingerprint density at radius 1 is 0.560 bits per heavy atom. The number of H-pyrrole nitrogens is 1. The van der Waals surface area contributed by atoms with Crippen molar-refractivity contribution >= 4 is 54.0 Å². The summed E-state index contributed by atoms with van der Waals surface area (Å²) in [6.07, 6.45) is 1.43. The zero-order valence-corrected chi connectivity index (χ0v) is 13.3. The van der Waals surface area contributed by atoms with E-state index in [9.17, 15) is 4.39 Å². The Kier molecular flexibility index (Phi) is 2.31. The topological polar surface area (TPSA) is 14.1 Å². The van der Waals surface area contributed by atoms with Gasteiger partial charge in [0.15, 0.2) is 5.82 Å². The maximum atomic E-state index is 14.0. The van der Waals surface area contributed by atoms with Crippen molar-refractivity contribution in [2.24, 2.45) is 0 Å². The van der Waals surface area contributed by atoms with Crippen LogP contribution in [-0.2, 0) is 0 Å². The molecular formula is C23H13FN+. The Labute approximate surface area is 142 Å². The number of fused-ring (bicyclic) bond motifs is 6. The smallest absolute Gasteiger partial charge is 0.208 e. The molecule has 0 amide bonds. The molecule has 0 fully saturated rings. The van der Waals surface area contributed by atoms with Gasteiger partial charge in [-0.05, 0) is 44.5 Å². The minimum Gasteiger partial charge on any atom is -0.208 e. The molecule has 1 N–H and O–H groups in total. The summed E-state index contributed by atoms with van der Waals surface area (Å²) in [6, 6.07) is 22.9. The van der Waals surface area contributed by atoms with Crippen molar-refractivity contribution in [2.45, 2.75) is 0 Å². The molecule has 0 unspecified atom stereocenters. The SMILES string of the molecule is Fc1c[nH+]c2c(c1)c1cccc3c4ccccc4c4cccc2c4c31. The Bertz CT molecular complexity index is 1450.